The fraction of sp³-hybridized carbons (Fsp3) is 0.0952. The molecular formula is C21H17ClN4O2S. The topological polar surface area (TPSA) is 69.0 Å². The van der Waals surface area contributed by atoms with Crippen molar-refractivity contribution in [3.8, 4) is 22.0 Å². The van der Waals surface area contributed by atoms with Crippen molar-refractivity contribution in [1.82, 2.24) is 14.8 Å². The number of benzene rings is 2. The molecule has 0 bridgehead atoms. The number of ether oxygens (including phenoxy) is 1. The van der Waals surface area contributed by atoms with Gasteiger partial charge in [0.05, 0.1) is 29.2 Å². The van der Waals surface area contributed by atoms with Gasteiger partial charge in [-0.25, -0.2) is 9.67 Å². The van der Waals surface area contributed by atoms with Crippen LogP contribution in [0.2, 0.25) is 5.02 Å². The number of rotatable bonds is 6. The predicted molar refractivity (Wildman–Crippen MR) is 115 cm³/mol. The van der Waals surface area contributed by atoms with Crippen LogP contribution in [0, 0.1) is 0 Å². The Hall–Kier alpha value is -3.16. The summed E-state index contributed by atoms with van der Waals surface area (Å²) in [5, 5.41) is 10.1. The molecule has 2 aromatic carbocycles. The highest BCUT2D eigenvalue weighted by Crippen LogP contribution is 2.33. The smallest absolute Gasteiger partial charge is 0.275 e. The highest BCUT2D eigenvalue weighted by molar-refractivity contribution is 7.13. The van der Waals surface area contributed by atoms with Crippen LogP contribution < -0.4 is 10.1 Å². The van der Waals surface area contributed by atoms with Crippen LogP contribution in [0.4, 0.5) is 5.69 Å². The minimum absolute atomic E-state index is 0.319. The van der Waals surface area contributed by atoms with Crippen molar-refractivity contribution in [2.75, 3.05) is 11.9 Å². The number of anilines is 1. The van der Waals surface area contributed by atoms with Crippen molar-refractivity contribution < 1.29 is 9.53 Å². The van der Waals surface area contributed by atoms with Crippen LogP contribution in [-0.2, 0) is 0 Å². The van der Waals surface area contributed by atoms with Gasteiger partial charge < -0.3 is 10.1 Å². The quantitative estimate of drug-likeness (QED) is 0.456. The van der Waals surface area contributed by atoms with Crippen LogP contribution in [0.25, 0.3) is 16.3 Å². The molecule has 1 N–H and O–H groups in total. The fourth-order valence-corrected chi connectivity index (χ4v) is 3.76. The van der Waals surface area contributed by atoms with Crippen molar-refractivity contribution >= 4 is 34.5 Å². The molecule has 146 valence electrons. The molecule has 0 saturated heterocycles. The standard InChI is InChI=1S/C21H17ClN4O2S/c1-2-28-19-16(22)9-6-10-17(19)24-20(27)18-13-29-21(25-18)14-11-23-26(12-14)15-7-4-3-5-8-15/h3-13H,2H2,1H3,(H,24,27). The summed E-state index contributed by atoms with van der Waals surface area (Å²) < 4.78 is 7.32. The van der Waals surface area contributed by atoms with Crippen LogP contribution in [0.1, 0.15) is 17.4 Å². The molecule has 6 nitrogen and oxygen atoms in total. The number of aromatic nitrogens is 3. The molecule has 8 heteroatoms. The summed E-state index contributed by atoms with van der Waals surface area (Å²) in [5.41, 5.74) is 2.63. The van der Waals surface area contributed by atoms with Gasteiger partial charge in [-0.3, -0.25) is 4.79 Å². The van der Waals surface area contributed by atoms with E-state index in [2.05, 4.69) is 15.4 Å². The minimum Gasteiger partial charge on any atom is -0.490 e. The van der Waals surface area contributed by atoms with E-state index in [1.54, 1.807) is 34.5 Å². The predicted octanol–water partition coefficient (Wildman–Crippen LogP) is 5.30. The summed E-state index contributed by atoms with van der Waals surface area (Å²) in [6, 6.07) is 15.0. The molecule has 0 spiro atoms. The largest absolute Gasteiger partial charge is 0.490 e. The lowest BCUT2D eigenvalue weighted by Gasteiger charge is -2.12. The maximum atomic E-state index is 12.7. The Morgan fingerprint density at radius 3 is 2.83 bits per heavy atom. The van der Waals surface area contributed by atoms with Crippen molar-refractivity contribution in [3.63, 3.8) is 0 Å². The third-order valence-corrected chi connectivity index (χ3v) is 5.28. The molecule has 2 heterocycles. The van der Waals surface area contributed by atoms with E-state index in [4.69, 9.17) is 16.3 Å². The molecule has 0 fully saturated rings. The SMILES string of the molecule is CCOc1c(Cl)cccc1NC(=O)c1csc(-c2cnn(-c3ccccc3)c2)n1. The lowest BCUT2D eigenvalue weighted by Crippen LogP contribution is -2.13. The van der Waals surface area contributed by atoms with E-state index in [0.29, 0.717) is 33.8 Å². The summed E-state index contributed by atoms with van der Waals surface area (Å²) >= 11 is 7.56. The van der Waals surface area contributed by atoms with E-state index in [0.717, 1.165) is 11.3 Å². The summed E-state index contributed by atoms with van der Waals surface area (Å²) in [5.74, 6) is 0.121. The van der Waals surface area contributed by atoms with Crippen LogP contribution in [0.15, 0.2) is 66.3 Å². The van der Waals surface area contributed by atoms with E-state index in [1.807, 2.05) is 43.5 Å². The van der Waals surface area contributed by atoms with E-state index >= 15 is 0 Å². The van der Waals surface area contributed by atoms with Crippen molar-refractivity contribution in [2.45, 2.75) is 6.92 Å². The molecule has 0 saturated carbocycles. The van der Waals surface area contributed by atoms with Gasteiger partial charge in [0.15, 0.2) is 5.75 Å². The zero-order valence-corrected chi connectivity index (χ0v) is 17.1. The first-order chi connectivity index (χ1) is 14.2. The molecule has 4 aromatic rings. The van der Waals surface area contributed by atoms with Gasteiger partial charge in [-0.1, -0.05) is 35.9 Å². The van der Waals surface area contributed by atoms with Gasteiger partial charge in [-0.15, -0.1) is 11.3 Å². The van der Waals surface area contributed by atoms with Crippen molar-refractivity contribution in [3.05, 3.63) is 77.0 Å². The molecule has 4 rings (SSSR count). The number of hydrogen-bond acceptors (Lipinski definition) is 5. The lowest BCUT2D eigenvalue weighted by atomic mass is 10.2. The summed E-state index contributed by atoms with van der Waals surface area (Å²) in [6.45, 7) is 2.30. The Bertz CT molecular complexity index is 1140. The van der Waals surface area contributed by atoms with Gasteiger partial charge in [0.2, 0.25) is 0 Å². The average molecular weight is 425 g/mol. The first kappa shape index (κ1) is 19.2. The van der Waals surface area contributed by atoms with Crippen LogP contribution in [0.3, 0.4) is 0 Å². The molecule has 2 aromatic heterocycles. The molecule has 0 radical (unpaired) electrons. The maximum Gasteiger partial charge on any atom is 0.275 e. The Balaban J connectivity index is 1.53. The highest BCUT2D eigenvalue weighted by atomic mass is 35.5. The van der Waals surface area contributed by atoms with E-state index in [1.165, 1.54) is 11.3 Å². The number of thiazole rings is 1. The highest BCUT2D eigenvalue weighted by Gasteiger charge is 2.16. The van der Waals surface area contributed by atoms with Gasteiger partial charge in [-0.05, 0) is 31.2 Å². The van der Waals surface area contributed by atoms with Gasteiger partial charge in [0, 0.05) is 17.1 Å². The third-order valence-electron chi connectivity index (χ3n) is 4.09. The van der Waals surface area contributed by atoms with E-state index < -0.39 is 0 Å². The molecule has 0 aliphatic heterocycles. The normalized spacial score (nSPS) is 10.7. The van der Waals surface area contributed by atoms with E-state index in [-0.39, 0.29) is 5.91 Å². The summed E-state index contributed by atoms with van der Waals surface area (Å²) in [6.07, 6.45) is 3.62. The first-order valence-corrected chi connectivity index (χ1v) is 10.2. The Morgan fingerprint density at radius 2 is 2.03 bits per heavy atom. The van der Waals surface area contributed by atoms with Gasteiger partial charge >= 0.3 is 0 Å². The molecule has 0 aliphatic carbocycles. The number of nitrogens with zero attached hydrogens (tertiary/aromatic N) is 3. The zero-order chi connectivity index (χ0) is 20.2. The number of amides is 1. The molecular weight excluding hydrogens is 408 g/mol. The number of hydrogen-bond donors (Lipinski definition) is 1. The number of halogens is 1. The Labute approximate surface area is 176 Å². The molecule has 0 aliphatic rings. The molecule has 1 amide bonds. The maximum absolute atomic E-state index is 12.7. The Kier molecular flexibility index (Phi) is 5.59. The van der Waals surface area contributed by atoms with E-state index in [9.17, 15) is 4.79 Å². The zero-order valence-electron chi connectivity index (χ0n) is 15.5. The van der Waals surface area contributed by atoms with Crippen LogP contribution in [0.5, 0.6) is 5.75 Å². The average Bonchev–Trinajstić information content (AvgIpc) is 3.41. The summed E-state index contributed by atoms with van der Waals surface area (Å²) in [4.78, 5) is 17.1. The van der Waals surface area contributed by atoms with Gasteiger partial charge in [0.25, 0.3) is 5.91 Å². The molecule has 0 unspecified atom stereocenters. The number of para-hydroxylation sites is 2. The fourth-order valence-electron chi connectivity index (χ4n) is 2.75. The second kappa shape index (κ2) is 8.46. The second-order valence-electron chi connectivity index (χ2n) is 6.05. The second-order valence-corrected chi connectivity index (χ2v) is 7.32. The van der Waals surface area contributed by atoms with Gasteiger partial charge in [-0.2, -0.15) is 5.10 Å². The summed E-state index contributed by atoms with van der Waals surface area (Å²) in [7, 11) is 0. The number of carbonyl (C=O) groups is 1. The van der Waals surface area contributed by atoms with Crippen molar-refractivity contribution in [1.29, 1.82) is 0 Å². The third kappa shape index (κ3) is 4.16. The Morgan fingerprint density at radius 1 is 1.21 bits per heavy atom. The van der Waals surface area contributed by atoms with Crippen molar-refractivity contribution in [2.24, 2.45) is 0 Å². The minimum atomic E-state index is -0.328. The number of nitrogens with one attached hydrogen (secondary N) is 1. The molecule has 0 atom stereocenters. The number of carbonyl (C=O) groups excluding carboxylic acids is 1. The lowest BCUT2D eigenvalue weighted by molar-refractivity contribution is 0.102. The van der Waals surface area contributed by atoms with Crippen LogP contribution in [-0.4, -0.2) is 27.3 Å². The monoisotopic (exact) mass is 424 g/mol. The molecule has 29 heavy (non-hydrogen) atoms. The van der Waals surface area contributed by atoms with Gasteiger partial charge in [0.1, 0.15) is 10.7 Å². The first-order valence-electron chi connectivity index (χ1n) is 8.94. The van der Waals surface area contributed by atoms with Crippen LogP contribution >= 0.6 is 22.9 Å².